The van der Waals surface area contributed by atoms with Gasteiger partial charge in [0, 0.05) is 6.61 Å². The summed E-state index contributed by atoms with van der Waals surface area (Å²) in [5, 5.41) is 0. The normalized spacial score (nSPS) is 25.8. The number of fused-ring (bicyclic) bond motifs is 1. The molecule has 1 aromatic carbocycles. The Labute approximate surface area is 157 Å². The first kappa shape index (κ1) is 18.4. The molecule has 1 aromatic rings. The molecule has 0 aromatic heterocycles. The van der Waals surface area contributed by atoms with Crippen LogP contribution in [0.5, 0.6) is 0 Å². The summed E-state index contributed by atoms with van der Waals surface area (Å²) in [5.74, 6) is 0. The van der Waals surface area contributed by atoms with Crippen LogP contribution in [0.15, 0.2) is 23.1 Å². The molecule has 1 aliphatic carbocycles. The van der Waals surface area contributed by atoms with Crippen molar-refractivity contribution in [1.82, 2.24) is 4.31 Å². The number of ether oxygens (including phenoxy) is 1. The largest absolute Gasteiger partial charge is 0.372 e. The van der Waals surface area contributed by atoms with Gasteiger partial charge in [0.2, 0.25) is 10.0 Å². The van der Waals surface area contributed by atoms with Crippen molar-refractivity contribution in [2.75, 3.05) is 39.3 Å². The lowest BCUT2D eigenvalue weighted by Gasteiger charge is -2.34. The Morgan fingerprint density at radius 1 is 1.04 bits per heavy atom. The molecule has 2 fully saturated rings. The van der Waals surface area contributed by atoms with Gasteiger partial charge in [-0.05, 0) is 68.2 Å². The zero-order valence-corrected chi connectivity index (χ0v) is 16.4. The third-order valence-corrected chi connectivity index (χ3v) is 8.07. The Hall–Kier alpha value is -0.950. The fourth-order valence-corrected chi connectivity index (χ4v) is 6.05. The average molecular weight is 380 g/mol. The summed E-state index contributed by atoms with van der Waals surface area (Å²) in [6.45, 7) is 4.89. The Morgan fingerprint density at radius 3 is 2.54 bits per heavy atom. The van der Waals surface area contributed by atoms with Gasteiger partial charge in [-0.3, -0.25) is 0 Å². The van der Waals surface area contributed by atoms with Crippen LogP contribution in [0, 0.1) is 0 Å². The quantitative estimate of drug-likeness (QED) is 0.850. The third kappa shape index (κ3) is 3.98. The van der Waals surface area contributed by atoms with Crippen molar-refractivity contribution >= 4 is 10.0 Å². The molecule has 4 rings (SSSR count). The molecule has 5 nitrogen and oxygen atoms in total. The number of hydrogen-bond acceptors (Lipinski definition) is 3. The first-order valence-electron chi connectivity index (χ1n) is 10.2. The molecule has 26 heavy (non-hydrogen) atoms. The first-order chi connectivity index (χ1) is 12.6. The molecule has 0 radical (unpaired) electrons. The van der Waals surface area contributed by atoms with Crippen molar-refractivity contribution in [3.63, 3.8) is 0 Å². The predicted octanol–water partition coefficient (Wildman–Crippen LogP) is 1.02. The summed E-state index contributed by atoms with van der Waals surface area (Å²) >= 11 is 0. The highest BCUT2D eigenvalue weighted by Gasteiger charge is 2.32. The van der Waals surface area contributed by atoms with Gasteiger partial charge in [-0.25, -0.2) is 8.42 Å². The Kier molecular flexibility index (Phi) is 5.64. The van der Waals surface area contributed by atoms with Crippen molar-refractivity contribution in [3.05, 3.63) is 29.3 Å². The molecule has 1 atom stereocenters. The number of sulfonamides is 1. The fourth-order valence-electron chi connectivity index (χ4n) is 4.56. The average Bonchev–Trinajstić information content (AvgIpc) is 2.69. The fraction of sp³-hybridized carbons (Fsp3) is 0.700. The molecule has 0 saturated carbocycles. The minimum atomic E-state index is -3.36. The Bertz CT molecular complexity index is 721. The van der Waals surface area contributed by atoms with E-state index in [1.54, 1.807) is 4.31 Å². The maximum atomic E-state index is 13.1. The van der Waals surface area contributed by atoms with Crippen LogP contribution in [-0.4, -0.2) is 58.2 Å². The van der Waals surface area contributed by atoms with E-state index in [2.05, 4.69) is 0 Å². The van der Waals surface area contributed by atoms with Gasteiger partial charge in [0.1, 0.15) is 12.6 Å². The monoisotopic (exact) mass is 379 g/mol. The number of rotatable bonds is 4. The highest BCUT2D eigenvalue weighted by molar-refractivity contribution is 7.89. The second kappa shape index (κ2) is 7.97. The van der Waals surface area contributed by atoms with E-state index in [4.69, 9.17) is 4.74 Å². The maximum absolute atomic E-state index is 13.1. The summed E-state index contributed by atoms with van der Waals surface area (Å²) < 4.78 is 33.7. The summed E-state index contributed by atoms with van der Waals surface area (Å²) in [7, 11) is -3.36. The van der Waals surface area contributed by atoms with Crippen LogP contribution in [0.2, 0.25) is 0 Å². The number of quaternary nitrogens is 1. The number of hydrogen-bond donors (Lipinski definition) is 1. The van der Waals surface area contributed by atoms with E-state index in [0.29, 0.717) is 24.1 Å². The van der Waals surface area contributed by atoms with Crippen molar-refractivity contribution < 1.29 is 18.1 Å². The van der Waals surface area contributed by atoms with E-state index in [0.717, 1.165) is 45.5 Å². The maximum Gasteiger partial charge on any atom is 0.243 e. The first-order valence-corrected chi connectivity index (χ1v) is 11.6. The molecule has 1 N–H and O–H groups in total. The molecule has 2 heterocycles. The van der Waals surface area contributed by atoms with E-state index in [-0.39, 0.29) is 0 Å². The van der Waals surface area contributed by atoms with Gasteiger partial charge >= 0.3 is 0 Å². The van der Waals surface area contributed by atoms with Crippen LogP contribution in [0.4, 0.5) is 0 Å². The van der Waals surface area contributed by atoms with E-state index in [1.807, 2.05) is 18.2 Å². The lowest BCUT2D eigenvalue weighted by Crippen LogP contribution is -3.15. The van der Waals surface area contributed by atoms with Crippen molar-refractivity contribution in [3.8, 4) is 0 Å². The lowest BCUT2D eigenvalue weighted by atomic mass is 9.92. The molecule has 2 saturated heterocycles. The Morgan fingerprint density at radius 2 is 1.81 bits per heavy atom. The van der Waals surface area contributed by atoms with Crippen molar-refractivity contribution in [2.45, 2.75) is 55.9 Å². The lowest BCUT2D eigenvalue weighted by molar-refractivity contribution is -0.907. The van der Waals surface area contributed by atoms with Gasteiger partial charge in [-0.1, -0.05) is 6.07 Å². The molecule has 0 amide bonds. The zero-order chi connectivity index (χ0) is 18.0. The van der Waals surface area contributed by atoms with Gasteiger partial charge < -0.3 is 9.64 Å². The minimum absolute atomic E-state index is 0.363. The van der Waals surface area contributed by atoms with Crippen LogP contribution in [0.1, 0.15) is 43.2 Å². The van der Waals surface area contributed by atoms with Gasteiger partial charge in [0.15, 0.2) is 0 Å². The van der Waals surface area contributed by atoms with E-state index in [1.165, 1.54) is 41.7 Å². The van der Waals surface area contributed by atoms with Crippen LogP contribution in [0.3, 0.4) is 0 Å². The third-order valence-electron chi connectivity index (χ3n) is 6.18. The number of piperazine rings is 1. The van der Waals surface area contributed by atoms with Gasteiger partial charge in [0.25, 0.3) is 0 Å². The topological polar surface area (TPSA) is 51.0 Å². The summed E-state index contributed by atoms with van der Waals surface area (Å²) in [5.41, 5.74) is 2.56. The van der Waals surface area contributed by atoms with Crippen molar-refractivity contribution in [1.29, 1.82) is 0 Å². The molecule has 2 aliphatic heterocycles. The van der Waals surface area contributed by atoms with E-state index >= 15 is 0 Å². The molecular weight excluding hydrogens is 348 g/mol. The Balaban J connectivity index is 1.38. The standard InChI is InChI=1S/C20H30N2O3S/c23-26(24,20-9-8-17-5-1-2-6-18(17)15-20)22-12-10-21(11-13-22)16-19-7-3-4-14-25-19/h8-9,15,19H,1-7,10-14,16H2/p+1/t19-/m1/s1. The smallest absolute Gasteiger partial charge is 0.243 e. The van der Waals surface area contributed by atoms with Crippen LogP contribution in [-0.2, 0) is 27.6 Å². The SMILES string of the molecule is O=S(=O)(c1ccc2c(c1)CCCC2)N1CC[NH+](C[C@H]2CCCCO2)CC1. The molecule has 0 bridgehead atoms. The molecular formula is C20H31N2O3S+. The van der Waals surface area contributed by atoms with Crippen LogP contribution in [0.25, 0.3) is 0 Å². The van der Waals surface area contributed by atoms with E-state index < -0.39 is 10.0 Å². The van der Waals surface area contributed by atoms with Gasteiger partial charge in [-0.2, -0.15) is 4.31 Å². The second-order valence-electron chi connectivity index (χ2n) is 7.98. The second-order valence-corrected chi connectivity index (χ2v) is 9.92. The number of aryl methyl sites for hydroxylation is 2. The summed E-state index contributed by atoms with van der Waals surface area (Å²) in [4.78, 5) is 1.96. The summed E-state index contributed by atoms with van der Waals surface area (Å²) in [6.07, 6.45) is 8.44. The van der Waals surface area contributed by atoms with Gasteiger partial charge in [0.05, 0.1) is 31.1 Å². The molecule has 0 unspecified atom stereocenters. The van der Waals surface area contributed by atoms with Gasteiger partial charge in [-0.15, -0.1) is 0 Å². The molecule has 0 spiro atoms. The van der Waals surface area contributed by atoms with Crippen molar-refractivity contribution in [2.24, 2.45) is 0 Å². The number of benzene rings is 1. The van der Waals surface area contributed by atoms with Crippen LogP contribution < -0.4 is 4.90 Å². The molecule has 6 heteroatoms. The van der Waals surface area contributed by atoms with Crippen LogP contribution >= 0.6 is 0 Å². The molecule has 3 aliphatic rings. The predicted molar refractivity (Wildman–Crippen MR) is 101 cm³/mol. The molecule has 144 valence electrons. The number of nitrogens with zero attached hydrogens (tertiary/aromatic N) is 1. The van der Waals surface area contributed by atoms with E-state index in [9.17, 15) is 8.42 Å². The highest BCUT2D eigenvalue weighted by Crippen LogP contribution is 2.25. The summed E-state index contributed by atoms with van der Waals surface area (Å²) in [6, 6.07) is 5.77. The number of nitrogens with one attached hydrogen (secondary N) is 1. The highest BCUT2D eigenvalue weighted by atomic mass is 32.2. The minimum Gasteiger partial charge on any atom is -0.372 e. The zero-order valence-electron chi connectivity index (χ0n) is 15.6.